The number of pyridine rings is 1. The van der Waals surface area contributed by atoms with Gasteiger partial charge in [-0.15, -0.1) is 0 Å². The van der Waals surface area contributed by atoms with Gasteiger partial charge in [0.05, 0.1) is 16.6 Å². The molecule has 9 rings (SSSR count). The maximum atomic E-state index is 4.82. The summed E-state index contributed by atoms with van der Waals surface area (Å²) in [4.78, 5) is 4.82. The fraction of sp³-hybridized carbons (Fsp3) is 0.0714. The third-order valence-corrected chi connectivity index (χ3v) is 9.58. The topological polar surface area (TPSA) is 17.3 Å². The summed E-state index contributed by atoms with van der Waals surface area (Å²) in [6.07, 6.45) is 0. The lowest BCUT2D eigenvalue weighted by atomic mass is 9.81. The SMILES string of the molecule is CC1(C)c2ccccc2-c2ccc(-c3cccc(-c4cccc(-c5ccc6c(ccc7nc8ccccc8n76)c5)c4)c3)cc21. The average molecular weight is 563 g/mol. The van der Waals surface area contributed by atoms with Crippen LogP contribution < -0.4 is 0 Å². The lowest BCUT2D eigenvalue weighted by molar-refractivity contribution is 0.660. The Morgan fingerprint density at radius 3 is 1.84 bits per heavy atom. The second-order valence-corrected chi connectivity index (χ2v) is 12.5. The minimum atomic E-state index is -0.00945. The second-order valence-electron chi connectivity index (χ2n) is 12.5. The van der Waals surface area contributed by atoms with Crippen molar-refractivity contribution in [3.8, 4) is 44.5 Å². The van der Waals surface area contributed by atoms with E-state index in [1.807, 2.05) is 6.07 Å². The van der Waals surface area contributed by atoms with E-state index in [1.54, 1.807) is 0 Å². The Hall–Kier alpha value is -5.47. The molecule has 0 radical (unpaired) electrons. The van der Waals surface area contributed by atoms with Gasteiger partial charge >= 0.3 is 0 Å². The molecular weight excluding hydrogens is 532 g/mol. The monoisotopic (exact) mass is 562 g/mol. The Morgan fingerprint density at radius 2 is 1.07 bits per heavy atom. The molecule has 0 unspecified atom stereocenters. The number of imidazole rings is 1. The normalized spacial score (nSPS) is 13.4. The molecule has 0 aliphatic heterocycles. The molecule has 2 heteroatoms. The first-order valence-electron chi connectivity index (χ1n) is 15.3. The molecule has 1 aliphatic carbocycles. The molecule has 0 amide bonds. The molecule has 2 nitrogen and oxygen atoms in total. The third kappa shape index (κ3) is 3.71. The van der Waals surface area contributed by atoms with Gasteiger partial charge in [0, 0.05) is 5.41 Å². The largest absolute Gasteiger partial charge is 0.292 e. The number of hydrogen-bond donors (Lipinski definition) is 0. The maximum Gasteiger partial charge on any atom is 0.138 e. The molecular formula is C42H30N2. The van der Waals surface area contributed by atoms with Crippen LogP contribution in [-0.4, -0.2) is 9.38 Å². The van der Waals surface area contributed by atoms with Gasteiger partial charge < -0.3 is 0 Å². The number of aromatic nitrogens is 2. The molecule has 44 heavy (non-hydrogen) atoms. The Kier molecular flexibility index (Phi) is 5.28. The zero-order chi connectivity index (χ0) is 29.4. The van der Waals surface area contributed by atoms with Crippen molar-refractivity contribution in [2.24, 2.45) is 0 Å². The van der Waals surface area contributed by atoms with Crippen molar-refractivity contribution in [3.63, 3.8) is 0 Å². The fourth-order valence-electron chi connectivity index (χ4n) is 7.29. The van der Waals surface area contributed by atoms with Gasteiger partial charge in [0.1, 0.15) is 5.65 Å². The predicted molar refractivity (Wildman–Crippen MR) is 184 cm³/mol. The van der Waals surface area contributed by atoms with Crippen LogP contribution in [0.4, 0.5) is 0 Å². The first kappa shape index (κ1) is 25.1. The van der Waals surface area contributed by atoms with Gasteiger partial charge in [-0.1, -0.05) is 105 Å². The summed E-state index contributed by atoms with van der Waals surface area (Å²) in [5.41, 5.74) is 17.2. The summed E-state index contributed by atoms with van der Waals surface area (Å²) in [7, 11) is 0. The number of fused-ring (bicyclic) bond motifs is 8. The Morgan fingerprint density at radius 1 is 0.455 bits per heavy atom. The van der Waals surface area contributed by atoms with Gasteiger partial charge in [0.25, 0.3) is 0 Å². The van der Waals surface area contributed by atoms with E-state index >= 15 is 0 Å². The van der Waals surface area contributed by atoms with Crippen molar-refractivity contribution in [3.05, 3.63) is 157 Å². The smallest absolute Gasteiger partial charge is 0.138 e. The van der Waals surface area contributed by atoms with E-state index in [0.717, 1.165) is 16.7 Å². The predicted octanol–water partition coefficient (Wildman–Crippen LogP) is 10.9. The Labute approximate surface area is 256 Å². The Balaban J connectivity index is 1.09. The van der Waals surface area contributed by atoms with E-state index in [2.05, 4.69) is 158 Å². The molecule has 0 N–H and O–H groups in total. The lowest BCUT2D eigenvalue weighted by Gasteiger charge is -2.22. The lowest BCUT2D eigenvalue weighted by Crippen LogP contribution is -2.14. The van der Waals surface area contributed by atoms with Crippen LogP contribution in [0, 0.1) is 0 Å². The number of benzene rings is 6. The third-order valence-electron chi connectivity index (χ3n) is 9.58. The van der Waals surface area contributed by atoms with Gasteiger partial charge in [-0.25, -0.2) is 4.98 Å². The van der Waals surface area contributed by atoms with Crippen LogP contribution in [0.25, 0.3) is 72.1 Å². The molecule has 0 bridgehead atoms. The van der Waals surface area contributed by atoms with Crippen LogP contribution in [0.3, 0.4) is 0 Å². The first-order valence-corrected chi connectivity index (χ1v) is 15.3. The highest BCUT2D eigenvalue weighted by atomic mass is 15.0. The molecule has 0 spiro atoms. The van der Waals surface area contributed by atoms with Crippen LogP contribution in [0.15, 0.2) is 146 Å². The summed E-state index contributed by atoms with van der Waals surface area (Å²) >= 11 is 0. The molecule has 0 fully saturated rings. The van der Waals surface area contributed by atoms with Gasteiger partial charge in [-0.3, -0.25) is 4.40 Å². The quantitative estimate of drug-likeness (QED) is 0.209. The van der Waals surface area contributed by atoms with Crippen LogP contribution in [0.1, 0.15) is 25.0 Å². The van der Waals surface area contributed by atoms with Gasteiger partial charge in [-0.2, -0.15) is 0 Å². The van der Waals surface area contributed by atoms with Gasteiger partial charge in [-0.05, 0) is 116 Å². The van der Waals surface area contributed by atoms with E-state index < -0.39 is 0 Å². The highest BCUT2D eigenvalue weighted by Crippen LogP contribution is 2.49. The average Bonchev–Trinajstić information content (AvgIpc) is 3.57. The fourth-order valence-corrected chi connectivity index (χ4v) is 7.29. The van der Waals surface area contributed by atoms with Crippen molar-refractivity contribution in [2.75, 3.05) is 0 Å². The summed E-state index contributed by atoms with van der Waals surface area (Å²) in [5.74, 6) is 0. The minimum Gasteiger partial charge on any atom is -0.292 e. The minimum absolute atomic E-state index is 0.00945. The van der Waals surface area contributed by atoms with Crippen LogP contribution >= 0.6 is 0 Å². The van der Waals surface area contributed by atoms with Crippen molar-refractivity contribution >= 4 is 27.6 Å². The van der Waals surface area contributed by atoms with E-state index in [-0.39, 0.29) is 5.41 Å². The maximum absolute atomic E-state index is 4.82. The molecule has 1 aliphatic rings. The van der Waals surface area contributed by atoms with Crippen molar-refractivity contribution < 1.29 is 0 Å². The summed E-state index contributed by atoms with van der Waals surface area (Å²) < 4.78 is 2.26. The molecule has 6 aromatic carbocycles. The zero-order valence-corrected chi connectivity index (χ0v) is 24.8. The number of nitrogens with zero attached hydrogens (tertiary/aromatic N) is 2. The van der Waals surface area contributed by atoms with Crippen molar-refractivity contribution in [2.45, 2.75) is 19.3 Å². The summed E-state index contributed by atoms with van der Waals surface area (Å²) in [6.45, 7) is 4.69. The summed E-state index contributed by atoms with van der Waals surface area (Å²) in [6, 6.07) is 53.1. The zero-order valence-electron chi connectivity index (χ0n) is 24.8. The molecule has 2 aromatic heterocycles. The van der Waals surface area contributed by atoms with Gasteiger partial charge in [0.15, 0.2) is 0 Å². The molecule has 8 aromatic rings. The standard InChI is InChI=1S/C42H30N2/c1-42(2)36-14-4-3-13-34(36)35-20-17-32(26-37(35)42)30-12-8-10-28(24-30)27-9-7-11-29(23-27)31-18-21-39-33(25-31)19-22-41-43-38-15-5-6-16-40(38)44(39)41/h3-26H,1-2H3. The highest BCUT2D eigenvalue weighted by molar-refractivity contribution is 5.93. The van der Waals surface area contributed by atoms with E-state index in [1.165, 1.54) is 66.5 Å². The first-order chi connectivity index (χ1) is 21.5. The molecule has 208 valence electrons. The van der Waals surface area contributed by atoms with E-state index in [9.17, 15) is 0 Å². The number of hydrogen-bond acceptors (Lipinski definition) is 1. The Bertz CT molecular complexity index is 2420. The van der Waals surface area contributed by atoms with E-state index in [4.69, 9.17) is 4.98 Å². The van der Waals surface area contributed by atoms with Crippen LogP contribution in [0.2, 0.25) is 0 Å². The van der Waals surface area contributed by atoms with Crippen LogP contribution in [-0.2, 0) is 5.41 Å². The van der Waals surface area contributed by atoms with Crippen molar-refractivity contribution in [1.29, 1.82) is 0 Å². The van der Waals surface area contributed by atoms with Gasteiger partial charge in [0.2, 0.25) is 0 Å². The number of rotatable bonds is 3. The molecule has 0 saturated carbocycles. The molecule has 0 saturated heterocycles. The molecule has 0 atom stereocenters. The van der Waals surface area contributed by atoms with Crippen LogP contribution in [0.5, 0.6) is 0 Å². The molecule has 2 heterocycles. The summed E-state index contributed by atoms with van der Waals surface area (Å²) in [5, 5.41) is 1.20. The van der Waals surface area contributed by atoms with Crippen molar-refractivity contribution in [1.82, 2.24) is 9.38 Å². The number of para-hydroxylation sites is 2. The highest BCUT2D eigenvalue weighted by Gasteiger charge is 2.35. The second kappa shape index (κ2) is 9.26. The van der Waals surface area contributed by atoms with E-state index in [0.29, 0.717) is 0 Å².